The highest BCUT2D eigenvalue weighted by molar-refractivity contribution is 6.10. The molecule has 0 fully saturated rings. The molecular formula is C22H25NO5. The first kappa shape index (κ1) is 19.7. The van der Waals surface area contributed by atoms with E-state index in [0.29, 0.717) is 22.7 Å². The predicted molar refractivity (Wildman–Crippen MR) is 106 cm³/mol. The topological polar surface area (TPSA) is 65.1 Å². The Labute approximate surface area is 165 Å². The second-order valence-corrected chi connectivity index (χ2v) is 7.78. The van der Waals surface area contributed by atoms with Crippen molar-refractivity contribution in [2.24, 2.45) is 0 Å². The van der Waals surface area contributed by atoms with E-state index in [1.165, 1.54) is 4.90 Å². The molecule has 6 heteroatoms. The molecule has 2 aromatic rings. The number of ether oxygens (including phenoxy) is 3. The van der Waals surface area contributed by atoms with Crippen molar-refractivity contribution in [1.29, 1.82) is 0 Å². The largest absolute Gasteiger partial charge is 0.459 e. The molecule has 0 unspecified atom stereocenters. The number of hydrogen-bond acceptors (Lipinski definition) is 5. The summed E-state index contributed by atoms with van der Waals surface area (Å²) in [4.78, 5) is 27.4. The van der Waals surface area contributed by atoms with E-state index >= 15 is 0 Å². The summed E-state index contributed by atoms with van der Waals surface area (Å²) in [7, 11) is 0. The van der Waals surface area contributed by atoms with Gasteiger partial charge in [-0.25, -0.2) is 0 Å². The zero-order valence-electron chi connectivity index (χ0n) is 16.9. The van der Waals surface area contributed by atoms with Crippen molar-refractivity contribution in [1.82, 2.24) is 0 Å². The number of anilines is 1. The van der Waals surface area contributed by atoms with Crippen LogP contribution in [-0.2, 0) is 9.53 Å². The number of nitrogens with zero attached hydrogens (tertiary/aromatic N) is 1. The van der Waals surface area contributed by atoms with E-state index in [9.17, 15) is 9.59 Å². The average molecular weight is 383 g/mol. The molecule has 0 bridgehead atoms. The summed E-state index contributed by atoms with van der Waals surface area (Å²) in [6.45, 7) is 9.08. The number of carbonyl (C=O) groups is 2. The van der Waals surface area contributed by atoms with Crippen LogP contribution in [-0.4, -0.2) is 30.8 Å². The van der Waals surface area contributed by atoms with E-state index in [1.54, 1.807) is 39.0 Å². The van der Waals surface area contributed by atoms with Crippen LogP contribution in [0.5, 0.6) is 11.5 Å². The SMILES string of the molecule is Cc1cccc(C)c1C(=O)N(CC(=O)OC(C)(C)C)c1ccc2c(c1)OCO2. The number of carbonyl (C=O) groups excluding carboxylic acids is 2. The first-order valence-corrected chi connectivity index (χ1v) is 9.15. The molecule has 3 rings (SSSR count). The van der Waals surface area contributed by atoms with E-state index in [4.69, 9.17) is 14.2 Å². The van der Waals surface area contributed by atoms with Gasteiger partial charge in [0.15, 0.2) is 11.5 Å². The highest BCUT2D eigenvalue weighted by Crippen LogP contribution is 2.36. The lowest BCUT2D eigenvalue weighted by Gasteiger charge is -2.26. The summed E-state index contributed by atoms with van der Waals surface area (Å²) in [5, 5.41) is 0. The predicted octanol–water partition coefficient (Wildman–Crippen LogP) is 4.02. The highest BCUT2D eigenvalue weighted by Gasteiger charge is 2.27. The molecule has 1 aliphatic heterocycles. The summed E-state index contributed by atoms with van der Waals surface area (Å²) in [6, 6.07) is 10.8. The molecule has 1 aliphatic rings. The van der Waals surface area contributed by atoms with Crippen molar-refractivity contribution >= 4 is 17.6 Å². The molecule has 1 amide bonds. The minimum atomic E-state index is -0.640. The third kappa shape index (κ3) is 4.27. The van der Waals surface area contributed by atoms with Crippen molar-refractivity contribution in [2.45, 2.75) is 40.2 Å². The van der Waals surface area contributed by atoms with Crippen LogP contribution >= 0.6 is 0 Å². The fourth-order valence-corrected chi connectivity index (χ4v) is 3.12. The van der Waals surface area contributed by atoms with E-state index in [1.807, 2.05) is 32.0 Å². The number of fused-ring (bicyclic) bond motifs is 1. The molecule has 1 heterocycles. The maximum atomic E-state index is 13.4. The Morgan fingerprint density at radius 1 is 1.04 bits per heavy atom. The number of aryl methyl sites for hydroxylation is 2. The Balaban J connectivity index is 1.99. The van der Waals surface area contributed by atoms with Crippen LogP contribution in [0.2, 0.25) is 0 Å². The number of amides is 1. The molecule has 0 saturated carbocycles. The molecule has 0 N–H and O–H groups in total. The summed E-state index contributed by atoms with van der Waals surface area (Å²) in [5.74, 6) is 0.409. The molecule has 0 aromatic heterocycles. The van der Waals surface area contributed by atoms with Crippen molar-refractivity contribution in [2.75, 3.05) is 18.2 Å². The van der Waals surface area contributed by atoms with Gasteiger partial charge in [-0.2, -0.15) is 0 Å². The maximum absolute atomic E-state index is 13.4. The number of rotatable bonds is 4. The smallest absolute Gasteiger partial charge is 0.326 e. The van der Waals surface area contributed by atoms with Crippen LogP contribution in [0.25, 0.3) is 0 Å². The van der Waals surface area contributed by atoms with E-state index in [0.717, 1.165) is 11.1 Å². The van der Waals surface area contributed by atoms with Crippen LogP contribution in [0.1, 0.15) is 42.3 Å². The minimum absolute atomic E-state index is 0.135. The zero-order valence-corrected chi connectivity index (χ0v) is 16.9. The lowest BCUT2D eigenvalue weighted by molar-refractivity contribution is -0.152. The second-order valence-electron chi connectivity index (χ2n) is 7.78. The number of esters is 1. The Kier molecular flexibility index (Phi) is 5.31. The van der Waals surface area contributed by atoms with Gasteiger partial charge in [-0.1, -0.05) is 18.2 Å². The zero-order chi connectivity index (χ0) is 20.5. The van der Waals surface area contributed by atoms with E-state index in [2.05, 4.69) is 0 Å². The highest BCUT2D eigenvalue weighted by atomic mass is 16.7. The fourth-order valence-electron chi connectivity index (χ4n) is 3.12. The van der Waals surface area contributed by atoms with Gasteiger partial charge in [-0.3, -0.25) is 14.5 Å². The lowest BCUT2D eigenvalue weighted by Crippen LogP contribution is -2.39. The summed E-state index contributed by atoms with van der Waals surface area (Å²) in [6.07, 6.45) is 0. The molecule has 28 heavy (non-hydrogen) atoms. The third-order valence-corrected chi connectivity index (χ3v) is 4.32. The van der Waals surface area contributed by atoms with Gasteiger partial charge in [0.25, 0.3) is 5.91 Å². The van der Waals surface area contributed by atoms with E-state index < -0.39 is 11.6 Å². The van der Waals surface area contributed by atoms with Gasteiger partial charge in [0.1, 0.15) is 12.1 Å². The second kappa shape index (κ2) is 7.54. The van der Waals surface area contributed by atoms with Crippen LogP contribution in [0.4, 0.5) is 5.69 Å². The maximum Gasteiger partial charge on any atom is 0.326 e. The Hall–Kier alpha value is -3.02. The van der Waals surface area contributed by atoms with Crippen LogP contribution in [0.3, 0.4) is 0 Å². The quantitative estimate of drug-likeness (QED) is 0.746. The summed E-state index contributed by atoms with van der Waals surface area (Å²) < 4.78 is 16.2. The molecule has 148 valence electrons. The molecule has 0 radical (unpaired) electrons. The molecule has 0 aliphatic carbocycles. The van der Waals surface area contributed by atoms with Gasteiger partial charge in [-0.05, 0) is 57.9 Å². The molecule has 2 aromatic carbocycles. The Bertz CT molecular complexity index is 893. The normalized spacial score (nSPS) is 12.6. The Morgan fingerprint density at radius 2 is 1.68 bits per heavy atom. The third-order valence-electron chi connectivity index (χ3n) is 4.32. The molecule has 0 saturated heterocycles. The molecule has 0 spiro atoms. The number of hydrogen-bond donors (Lipinski definition) is 0. The van der Waals surface area contributed by atoms with Gasteiger partial charge in [-0.15, -0.1) is 0 Å². The number of benzene rings is 2. The minimum Gasteiger partial charge on any atom is -0.459 e. The van der Waals surface area contributed by atoms with Crippen molar-refractivity contribution in [3.63, 3.8) is 0 Å². The van der Waals surface area contributed by atoms with Gasteiger partial charge in [0, 0.05) is 17.3 Å². The van der Waals surface area contributed by atoms with Gasteiger partial charge < -0.3 is 14.2 Å². The monoisotopic (exact) mass is 383 g/mol. The van der Waals surface area contributed by atoms with Gasteiger partial charge in [0.05, 0.1) is 0 Å². The van der Waals surface area contributed by atoms with Crippen molar-refractivity contribution < 1.29 is 23.8 Å². The Morgan fingerprint density at radius 3 is 2.32 bits per heavy atom. The van der Waals surface area contributed by atoms with E-state index in [-0.39, 0.29) is 19.2 Å². The first-order valence-electron chi connectivity index (χ1n) is 9.15. The summed E-state index contributed by atoms with van der Waals surface area (Å²) >= 11 is 0. The van der Waals surface area contributed by atoms with Gasteiger partial charge in [0.2, 0.25) is 6.79 Å². The van der Waals surface area contributed by atoms with Crippen molar-refractivity contribution in [3.8, 4) is 11.5 Å². The van der Waals surface area contributed by atoms with Crippen LogP contribution in [0, 0.1) is 13.8 Å². The standard InChI is InChI=1S/C22H25NO5/c1-14-7-6-8-15(2)20(14)21(25)23(12-19(24)28-22(3,4)5)16-9-10-17-18(11-16)27-13-26-17/h6-11H,12-13H2,1-5H3. The van der Waals surface area contributed by atoms with Crippen molar-refractivity contribution in [3.05, 3.63) is 53.1 Å². The molecular weight excluding hydrogens is 358 g/mol. The molecule has 0 atom stereocenters. The average Bonchev–Trinajstić information content (AvgIpc) is 3.05. The lowest BCUT2D eigenvalue weighted by atomic mass is 10.0. The molecule has 6 nitrogen and oxygen atoms in total. The summed E-state index contributed by atoms with van der Waals surface area (Å²) in [5.41, 5.74) is 2.17. The van der Waals surface area contributed by atoms with Crippen LogP contribution < -0.4 is 14.4 Å². The van der Waals surface area contributed by atoms with Gasteiger partial charge >= 0.3 is 5.97 Å². The fraction of sp³-hybridized carbons (Fsp3) is 0.364. The first-order chi connectivity index (χ1) is 13.2. The van der Waals surface area contributed by atoms with Crippen LogP contribution in [0.15, 0.2) is 36.4 Å².